The Labute approximate surface area is 209 Å². The van der Waals surface area contributed by atoms with Crippen molar-refractivity contribution in [2.75, 3.05) is 25.4 Å². The summed E-state index contributed by atoms with van der Waals surface area (Å²) in [6.07, 6.45) is 7.72. The number of urea groups is 2. The zero-order chi connectivity index (χ0) is 26.3. The van der Waals surface area contributed by atoms with Gasteiger partial charge in [0.05, 0.1) is 19.0 Å². The lowest BCUT2D eigenvalue weighted by atomic mass is 9.91. The molecule has 1 unspecified atom stereocenters. The normalized spacial score (nSPS) is 22.7. The number of halogens is 1. The van der Waals surface area contributed by atoms with Gasteiger partial charge in [0, 0.05) is 25.6 Å². The first kappa shape index (κ1) is 27.5. The van der Waals surface area contributed by atoms with Crippen LogP contribution in [0.15, 0.2) is 12.3 Å². The number of carbonyl (C=O) groups excluding carboxylic acids is 4. The number of anilines is 1. The van der Waals surface area contributed by atoms with Crippen LogP contribution in [-0.2, 0) is 16.0 Å². The highest BCUT2D eigenvalue weighted by Gasteiger charge is 2.55. The molecule has 3 rings (SSSR count). The quantitative estimate of drug-likeness (QED) is 0.173. The zero-order valence-corrected chi connectivity index (χ0v) is 20.6. The Morgan fingerprint density at radius 1 is 1.31 bits per heavy atom. The van der Waals surface area contributed by atoms with Crippen molar-refractivity contribution in [3.8, 4) is 0 Å². The monoisotopic (exact) mass is 507 g/mol. The Hall–Kier alpha value is -3.12. The number of carbonyl (C=O) groups is 4. The van der Waals surface area contributed by atoms with Gasteiger partial charge in [0.1, 0.15) is 6.04 Å². The van der Waals surface area contributed by atoms with Gasteiger partial charge >= 0.3 is 18.0 Å². The second-order valence-corrected chi connectivity index (χ2v) is 9.88. The van der Waals surface area contributed by atoms with E-state index in [9.17, 15) is 28.8 Å². The number of hydrogen-bond donors (Lipinski definition) is 4. The maximum absolute atomic E-state index is 13.9. The fourth-order valence-corrected chi connectivity index (χ4v) is 5.49. The number of pyridine rings is 1. The van der Waals surface area contributed by atoms with Gasteiger partial charge in [-0.15, -0.1) is 0 Å². The van der Waals surface area contributed by atoms with Crippen LogP contribution in [0, 0.1) is 17.7 Å². The highest BCUT2D eigenvalue weighted by atomic mass is 19.1. The van der Waals surface area contributed by atoms with Crippen LogP contribution in [-0.4, -0.2) is 69.8 Å². The number of hydroxylamine groups is 2. The van der Waals surface area contributed by atoms with Gasteiger partial charge in [0.15, 0.2) is 11.6 Å². The van der Waals surface area contributed by atoms with Gasteiger partial charge in [0.2, 0.25) is 6.41 Å². The molecule has 0 aromatic carbocycles. The van der Waals surface area contributed by atoms with Crippen LogP contribution in [0.1, 0.15) is 57.4 Å². The molecule has 0 radical (unpaired) electrons. The summed E-state index contributed by atoms with van der Waals surface area (Å²) in [6, 6.07) is -0.623. The predicted molar refractivity (Wildman–Crippen MR) is 128 cm³/mol. The molecule has 1 saturated carbocycles. The molecule has 6 amide bonds. The Kier molecular flexibility index (Phi) is 9.32. The van der Waals surface area contributed by atoms with E-state index in [1.165, 1.54) is 12.3 Å². The summed E-state index contributed by atoms with van der Waals surface area (Å²) in [5, 5.41) is 15.2. The summed E-state index contributed by atoms with van der Waals surface area (Å²) in [7, 11) is 0. The first-order valence-corrected chi connectivity index (χ1v) is 12.5. The van der Waals surface area contributed by atoms with Gasteiger partial charge in [-0.05, 0) is 37.3 Å². The first-order valence-electron chi connectivity index (χ1n) is 12.5. The van der Waals surface area contributed by atoms with Crippen LogP contribution < -0.4 is 16.4 Å². The Balaban J connectivity index is 1.68. The molecule has 36 heavy (non-hydrogen) atoms. The number of imide groups is 2. The molecule has 0 spiro atoms. The van der Waals surface area contributed by atoms with Crippen molar-refractivity contribution in [3.63, 3.8) is 0 Å². The molecular formula is C24H36FN6O5+. The second-order valence-electron chi connectivity index (χ2n) is 9.88. The van der Waals surface area contributed by atoms with E-state index in [0.717, 1.165) is 25.7 Å². The number of nitrogens with one attached hydrogen (secondary N) is 2. The molecule has 12 heteroatoms. The lowest BCUT2D eigenvalue weighted by Crippen LogP contribution is -2.66. The lowest BCUT2D eigenvalue weighted by molar-refractivity contribution is -0.786. The highest BCUT2D eigenvalue weighted by molar-refractivity contribution is 5.95. The first-order chi connectivity index (χ1) is 17.2. The van der Waals surface area contributed by atoms with Gasteiger partial charge in [-0.3, -0.25) is 10.0 Å². The molecule has 1 aromatic rings. The van der Waals surface area contributed by atoms with Crippen LogP contribution in [0.4, 0.5) is 19.8 Å². The third-order valence-electron chi connectivity index (χ3n) is 7.46. The third kappa shape index (κ3) is 6.35. The van der Waals surface area contributed by atoms with Crippen molar-refractivity contribution in [1.29, 1.82) is 0 Å². The van der Waals surface area contributed by atoms with E-state index in [1.807, 2.05) is 0 Å². The minimum Gasteiger partial charge on any atom is -0.381 e. The lowest BCUT2D eigenvalue weighted by Gasteiger charge is -2.36. The summed E-state index contributed by atoms with van der Waals surface area (Å²) >= 11 is 0. The van der Waals surface area contributed by atoms with E-state index >= 15 is 0 Å². The molecule has 1 aromatic heterocycles. The molecule has 11 nitrogen and oxygen atoms in total. The summed E-state index contributed by atoms with van der Waals surface area (Å²) in [6.45, 7) is 1.95. The number of nitrogen functional groups attached to an aromatic ring is 1. The second kappa shape index (κ2) is 12.2. The maximum Gasteiger partial charge on any atom is 0.432 e. The number of quaternary nitrogens is 1. The van der Waals surface area contributed by atoms with Crippen LogP contribution >= 0.6 is 0 Å². The maximum atomic E-state index is 13.9. The van der Waals surface area contributed by atoms with E-state index in [2.05, 4.69) is 15.6 Å². The third-order valence-corrected chi connectivity index (χ3v) is 7.46. The largest absolute Gasteiger partial charge is 0.432 e. The molecule has 0 bridgehead atoms. The summed E-state index contributed by atoms with van der Waals surface area (Å²) < 4.78 is 13.0. The average Bonchev–Trinajstić information content (AvgIpc) is 3.50. The highest BCUT2D eigenvalue weighted by Crippen LogP contribution is 2.35. The summed E-state index contributed by atoms with van der Waals surface area (Å²) in [5.74, 6) is -1.69. The fraction of sp³-hybridized carbons (Fsp3) is 0.625. The standard InChI is InChI=1S/C24H35FN6O5/c1-16-5-4-10-31(16,22(33)19(14-30(36)15-32)11-17-6-2-3-7-17)24(35)29-23(34)27-9-8-18-12-20(25)21(26)28-13-18/h12-13,15-17,19,36H,2-11,14H2,1H3,(H3-,26,27,28,29,34,35)/p+1/t16-,19-,31?/m1/s1. The van der Waals surface area contributed by atoms with Crippen molar-refractivity contribution in [1.82, 2.24) is 20.7 Å². The fourth-order valence-electron chi connectivity index (χ4n) is 5.49. The zero-order valence-electron chi connectivity index (χ0n) is 20.6. The Bertz CT molecular complexity index is 972. The molecule has 2 fully saturated rings. The van der Waals surface area contributed by atoms with Crippen molar-refractivity contribution in [2.45, 2.75) is 64.3 Å². The molecule has 2 aliphatic rings. The Morgan fingerprint density at radius 3 is 2.64 bits per heavy atom. The molecule has 3 atom stereocenters. The number of nitrogens with two attached hydrogens (primary N) is 1. The molecule has 5 N–H and O–H groups in total. The van der Waals surface area contributed by atoms with Crippen LogP contribution in [0.3, 0.4) is 0 Å². The summed E-state index contributed by atoms with van der Waals surface area (Å²) in [5.41, 5.74) is 5.89. The number of amides is 6. The van der Waals surface area contributed by atoms with E-state index in [4.69, 9.17) is 5.73 Å². The topological polar surface area (TPSA) is 155 Å². The number of aromatic nitrogens is 1. The van der Waals surface area contributed by atoms with Gasteiger partial charge < -0.3 is 11.1 Å². The predicted octanol–water partition coefficient (Wildman–Crippen LogP) is 2.33. The van der Waals surface area contributed by atoms with E-state index in [-0.39, 0.29) is 56.1 Å². The van der Waals surface area contributed by atoms with E-state index in [0.29, 0.717) is 29.9 Å². The van der Waals surface area contributed by atoms with Crippen molar-refractivity contribution in [3.05, 3.63) is 23.6 Å². The van der Waals surface area contributed by atoms with Crippen LogP contribution in [0.25, 0.3) is 0 Å². The molecule has 1 aliphatic carbocycles. The van der Waals surface area contributed by atoms with Gasteiger partial charge in [-0.25, -0.2) is 34.1 Å². The van der Waals surface area contributed by atoms with Gasteiger partial charge in [0.25, 0.3) is 0 Å². The van der Waals surface area contributed by atoms with E-state index < -0.39 is 28.3 Å². The number of likely N-dealkylation sites (tertiary alicyclic amines) is 1. The minimum atomic E-state index is -0.766. The molecule has 198 valence electrons. The smallest absolute Gasteiger partial charge is 0.381 e. The number of hydrogen-bond acceptors (Lipinski definition) is 7. The molecular weight excluding hydrogens is 471 g/mol. The van der Waals surface area contributed by atoms with Gasteiger partial charge in [-0.1, -0.05) is 25.7 Å². The van der Waals surface area contributed by atoms with Crippen molar-refractivity contribution >= 4 is 30.2 Å². The Morgan fingerprint density at radius 2 is 2.03 bits per heavy atom. The number of rotatable bonds is 9. The summed E-state index contributed by atoms with van der Waals surface area (Å²) in [4.78, 5) is 54.6. The van der Waals surface area contributed by atoms with Crippen LogP contribution in [0.5, 0.6) is 0 Å². The molecule has 1 saturated heterocycles. The van der Waals surface area contributed by atoms with Gasteiger partial charge in [-0.2, -0.15) is 4.48 Å². The van der Waals surface area contributed by atoms with Crippen molar-refractivity contribution < 1.29 is 33.3 Å². The molecule has 2 heterocycles. The SMILES string of the molecule is C[C@@H]1CCC[N+]1(C(=O)NC(=O)NCCc1cnc(N)c(F)c1)C(=O)[C@H](CC1CCCC1)CN(O)C=O. The average molecular weight is 508 g/mol. The van der Waals surface area contributed by atoms with Crippen LogP contribution in [0.2, 0.25) is 0 Å². The minimum absolute atomic E-state index is 0.108. The van der Waals surface area contributed by atoms with E-state index in [1.54, 1.807) is 6.92 Å². The molecule has 1 aliphatic heterocycles. The van der Waals surface area contributed by atoms with Crippen molar-refractivity contribution in [2.24, 2.45) is 11.8 Å². The number of nitrogens with zero attached hydrogens (tertiary/aromatic N) is 3.